The molecule has 1 amide bonds. The molecular weight excluding hydrogens is 390 g/mol. The average Bonchev–Trinajstić information content (AvgIpc) is 3.33. The molecule has 2 atom stereocenters. The second-order valence-electron chi connectivity index (χ2n) is 8.22. The standard InChI is InChI=1S/C25H31N3O3/c1-5-25(29)26-22-16-28(13-17-8-6-7-9-24(17)31-4)15-21(22)20-14-27(2)23-11-10-18(30-3)12-19(20)23/h6-12,14,21-22H,5,13,15-16H2,1-4H3,(H,26,29)/t21-,22+/m1/s1. The molecule has 1 saturated heterocycles. The Bertz CT molecular complexity index is 1080. The molecule has 0 aliphatic carbocycles. The number of aromatic nitrogens is 1. The van der Waals surface area contributed by atoms with Gasteiger partial charge in [0.1, 0.15) is 11.5 Å². The molecule has 0 bridgehead atoms. The van der Waals surface area contributed by atoms with Crippen molar-refractivity contribution in [3.63, 3.8) is 0 Å². The zero-order valence-corrected chi connectivity index (χ0v) is 18.7. The van der Waals surface area contributed by atoms with Crippen molar-refractivity contribution >= 4 is 16.8 Å². The van der Waals surface area contributed by atoms with Crippen molar-refractivity contribution in [3.8, 4) is 11.5 Å². The number of para-hydroxylation sites is 1. The monoisotopic (exact) mass is 421 g/mol. The van der Waals surface area contributed by atoms with E-state index >= 15 is 0 Å². The number of benzene rings is 2. The molecule has 6 nitrogen and oxygen atoms in total. The Morgan fingerprint density at radius 1 is 1.13 bits per heavy atom. The number of carbonyl (C=O) groups excluding carboxylic acids is 1. The first-order valence-corrected chi connectivity index (χ1v) is 10.8. The Morgan fingerprint density at radius 2 is 1.94 bits per heavy atom. The molecule has 1 N–H and O–H groups in total. The highest BCUT2D eigenvalue weighted by atomic mass is 16.5. The van der Waals surface area contributed by atoms with Crippen LogP contribution in [0.4, 0.5) is 0 Å². The topological polar surface area (TPSA) is 55.7 Å². The van der Waals surface area contributed by atoms with Crippen molar-refractivity contribution < 1.29 is 14.3 Å². The van der Waals surface area contributed by atoms with Crippen LogP contribution in [0.15, 0.2) is 48.7 Å². The summed E-state index contributed by atoms with van der Waals surface area (Å²) in [6.07, 6.45) is 2.69. The van der Waals surface area contributed by atoms with Crippen molar-refractivity contribution in [3.05, 3.63) is 59.8 Å². The smallest absolute Gasteiger partial charge is 0.219 e. The molecule has 6 heteroatoms. The van der Waals surface area contributed by atoms with E-state index in [1.54, 1.807) is 14.2 Å². The van der Waals surface area contributed by atoms with Crippen LogP contribution in [0.2, 0.25) is 0 Å². The van der Waals surface area contributed by atoms with E-state index in [2.05, 4.69) is 46.2 Å². The van der Waals surface area contributed by atoms with E-state index in [4.69, 9.17) is 9.47 Å². The van der Waals surface area contributed by atoms with E-state index in [0.29, 0.717) is 6.42 Å². The highest BCUT2D eigenvalue weighted by molar-refractivity contribution is 5.86. The number of hydrogen-bond acceptors (Lipinski definition) is 4. The van der Waals surface area contributed by atoms with Crippen molar-refractivity contribution in [1.82, 2.24) is 14.8 Å². The maximum atomic E-state index is 12.3. The molecule has 31 heavy (non-hydrogen) atoms. The van der Waals surface area contributed by atoms with Gasteiger partial charge >= 0.3 is 0 Å². The van der Waals surface area contributed by atoms with Crippen molar-refractivity contribution in [2.45, 2.75) is 31.8 Å². The number of hydrogen-bond donors (Lipinski definition) is 1. The molecule has 1 aromatic heterocycles. The normalized spacial score (nSPS) is 19.0. The third kappa shape index (κ3) is 4.26. The number of fused-ring (bicyclic) bond motifs is 1. The van der Waals surface area contributed by atoms with Gasteiger partial charge in [0.05, 0.1) is 14.2 Å². The molecule has 1 aliphatic heterocycles. The van der Waals surface area contributed by atoms with Gasteiger partial charge < -0.3 is 19.4 Å². The average molecular weight is 422 g/mol. The zero-order chi connectivity index (χ0) is 22.0. The number of likely N-dealkylation sites (tertiary alicyclic amines) is 1. The molecule has 164 valence electrons. The molecule has 1 fully saturated rings. The van der Waals surface area contributed by atoms with Crippen molar-refractivity contribution in [2.75, 3.05) is 27.3 Å². The number of methoxy groups -OCH3 is 2. The quantitative estimate of drug-likeness (QED) is 0.632. The van der Waals surface area contributed by atoms with Crippen LogP contribution >= 0.6 is 0 Å². The van der Waals surface area contributed by atoms with Gasteiger partial charge in [-0.2, -0.15) is 0 Å². The first-order chi connectivity index (χ1) is 15.0. The molecule has 0 radical (unpaired) electrons. The summed E-state index contributed by atoms with van der Waals surface area (Å²) in [4.78, 5) is 14.7. The summed E-state index contributed by atoms with van der Waals surface area (Å²) >= 11 is 0. The minimum atomic E-state index is 0.0546. The third-order valence-corrected chi connectivity index (χ3v) is 6.28. The first-order valence-electron chi connectivity index (χ1n) is 10.8. The molecule has 0 unspecified atom stereocenters. The van der Waals surface area contributed by atoms with Gasteiger partial charge in [0.15, 0.2) is 0 Å². The zero-order valence-electron chi connectivity index (χ0n) is 18.7. The highest BCUT2D eigenvalue weighted by Crippen LogP contribution is 2.36. The van der Waals surface area contributed by atoms with E-state index in [-0.39, 0.29) is 17.9 Å². The summed E-state index contributed by atoms with van der Waals surface area (Å²) in [7, 11) is 5.47. The Morgan fingerprint density at radius 3 is 2.68 bits per heavy atom. The van der Waals surface area contributed by atoms with Gasteiger partial charge in [-0.3, -0.25) is 9.69 Å². The van der Waals surface area contributed by atoms with Gasteiger partial charge in [-0.1, -0.05) is 25.1 Å². The van der Waals surface area contributed by atoms with E-state index in [9.17, 15) is 4.79 Å². The van der Waals surface area contributed by atoms with Gasteiger partial charge in [-0.05, 0) is 29.8 Å². The van der Waals surface area contributed by atoms with E-state index in [1.807, 2.05) is 31.2 Å². The van der Waals surface area contributed by atoms with E-state index in [1.165, 1.54) is 16.5 Å². The first kappa shape index (κ1) is 21.2. The number of nitrogens with zero attached hydrogens (tertiary/aromatic N) is 2. The fourth-order valence-corrected chi connectivity index (χ4v) is 4.68. The number of nitrogens with one attached hydrogen (secondary N) is 1. The molecule has 1 aliphatic rings. The lowest BCUT2D eigenvalue weighted by Crippen LogP contribution is -2.39. The number of rotatable bonds is 7. The summed E-state index contributed by atoms with van der Waals surface area (Å²) in [5, 5.41) is 4.45. The molecule has 2 heterocycles. The third-order valence-electron chi connectivity index (χ3n) is 6.28. The summed E-state index contributed by atoms with van der Waals surface area (Å²) < 4.78 is 13.2. The van der Waals surface area contributed by atoms with E-state index < -0.39 is 0 Å². The fourth-order valence-electron chi connectivity index (χ4n) is 4.68. The minimum absolute atomic E-state index is 0.0546. The van der Waals surface area contributed by atoms with Gasteiger partial charge in [0, 0.05) is 67.7 Å². The largest absolute Gasteiger partial charge is 0.497 e. The van der Waals surface area contributed by atoms with Crippen molar-refractivity contribution in [2.24, 2.45) is 7.05 Å². The molecule has 4 rings (SSSR count). The second-order valence-corrected chi connectivity index (χ2v) is 8.22. The van der Waals surface area contributed by atoms with Gasteiger partial charge in [0.25, 0.3) is 0 Å². The van der Waals surface area contributed by atoms with Crippen LogP contribution in [0.25, 0.3) is 10.9 Å². The minimum Gasteiger partial charge on any atom is -0.497 e. The summed E-state index contributed by atoms with van der Waals surface area (Å²) in [5.74, 6) is 2.03. The fraction of sp³-hybridized carbons (Fsp3) is 0.400. The van der Waals surface area contributed by atoms with Crippen LogP contribution in [-0.2, 0) is 18.4 Å². The number of amides is 1. The Kier molecular flexibility index (Phi) is 6.18. The van der Waals surface area contributed by atoms with Crippen LogP contribution in [0, 0.1) is 0 Å². The highest BCUT2D eigenvalue weighted by Gasteiger charge is 2.36. The number of carbonyl (C=O) groups is 1. The molecular formula is C25H31N3O3. The Hall–Kier alpha value is -2.99. The predicted molar refractivity (Wildman–Crippen MR) is 123 cm³/mol. The van der Waals surface area contributed by atoms with Crippen LogP contribution in [0.3, 0.4) is 0 Å². The Balaban J connectivity index is 1.67. The Labute approximate surface area is 183 Å². The van der Waals surface area contributed by atoms with Gasteiger partial charge in [-0.15, -0.1) is 0 Å². The van der Waals surface area contributed by atoms with E-state index in [0.717, 1.165) is 36.7 Å². The maximum absolute atomic E-state index is 12.3. The molecule has 0 saturated carbocycles. The maximum Gasteiger partial charge on any atom is 0.219 e. The van der Waals surface area contributed by atoms with Gasteiger partial charge in [0.2, 0.25) is 5.91 Å². The second kappa shape index (κ2) is 9.02. The summed E-state index contributed by atoms with van der Waals surface area (Å²) in [5.41, 5.74) is 3.57. The van der Waals surface area contributed by atoms with Crippen LogP contribution in [0.5, 0.6) is 11.5 Å². The lowest BCUT2D eigenvalue weighted by Gasteiger charge is -2.19. The SMILES string of the molecule is CCC(=O)N[C@H]1CN(Cc2ccccc2OC)C[C@@H]1c1cn(C)c2ccc(OC)cc12. The lowest BCUT2D eigenvalue weighted by molar-refractivity contribution is -0.121. The lowest BCUT2D eigenvalue weighted by atomic mass is 9.93. The predicted octanol–water partition coefficient (Wildman–Crippen LogP) is 3.69. The summed E-state index contributed by atoms with van der Waals surface area (Å²) in [6, 6.07) is 14.4. The van der Waals surface area contributed by atoms with Crippen molar-refractivity contribution in [1.29, 1.82) is 0 Å². The summed E-state index contributed by atoms with van der Waals surface area (Å²) in [6.45, 7) is 4.35. The number of aryl methyl sites for hydroxylation is 1. The van der Waals surface area contributed by atoms with Gasteiger partial charge in [-0.25, -0.2) is 0 Å². The van der Waals surface area contributed by atoms with Crippen LogP contribution in [-0.4, -0.2) is 48.7 Å². The molecule has 0 spiro atoms. The molecule has 2 aromatic carbocycles. The number of ether oxygens (including phenoxy) is 2. The van der Waals surface area contributed by atoms with Crippen LogP contribution in [0.1, 0.15) is 30.4 Å². The molecule has 3 aromatic rings. The van der Waals surface area contributed by atoms with Crippen LogP contribution < -0.4 is 14.8 Å².